The van der Waals surface area contributed by atoms with Gasteiger partial charge in [0.05, 0.1) is 5.56 Å². The number of carbonyl (C=O) groups is 2. The Morgan fingerprint density at radius 1 is 1.19 bits per heavy atom. The van der Waals surface area contributed by atoms with Crippen LogP contribution in [0.15, 0.2) is 24.3 Å². The van der Waals surface area contributed by atoms with Gasteiger partial charge in [-0.3, -0.25) is 4.79 Å². The van der Waals surface area contributed by atoms with Gasteiger partial charge in [-0.1, -0.05) is 13.8 Å². The lowest BCUT2D eigenvalue weighted by molar-refractivity contribution is -0.136. The fourth-order valence-electron chi connectivity index (χ4n) is 2.80. The second-order valence-electron chi connectivity index (χ2n) is 5.86. The maximum absolute atomic E-state index is 12.1. The van der Waals surface area contributed by atoms with Crippen molar-refractivity contribution in [3.8, 4) is 5.75 Å². The minimum absolute atomic E-state index is 0.00808. The van der Waals surface area contributed by atoms with Crippen molar-refractivity contribution in [2.45, 2.75) is 20.3 Å². The van der Waals surface area contributed by atoms with Gasteiger partial charge in [0.15, 0.2) is 6.61 Å². The molecule has 1 N–H and O–H groups in total. The van der Waals surface area contributed by atoms with E-state index in [-0.39, 0.29) is 18.1 Å². The predicted octanol–water partition coefficient (Wildman–Crippen LogP) is 2.27. The smallest absolute Gasteiger partial charge is 0.335 e. The minimum atomic E-state index is -0.978. The van der Waals surface area contributed by atoms with Crippen LogP contribution in [0.2, 0.25) is 0 Å². The van der Waals surface area contributed by atoms with E-state index in [1.807, 2.05) is 4.90 Å². The van der Waals surface area contributed by atoms with Gasteiger partial charge in [-0.25, -0.2) is 4.79 Å². The molecule has 1 saturated heterocycles. The number of carboxylic acids is 1. The van der Waals surface area contributed by atoms with Crippen molar-refractivity contribution in [3.05, 3.63) is 29.8 Å². The number of aromatic carboxylic acids is 1. The number of ether oxygens (including phenoxy) is 1. The average Bonchev–Trinajstić information content (AvgIpc) is 2.44. The third-order valence-corrected chi connectivity index (χ3v) is 3.69. The molecule has 5 nitrogen and oxygen atoms in total. The molecular weight excluding hydrogens is 270 g/mol. The van der Waals surface area contributed by atoms with Crippen LogP contribution < -0.4 is 4.74 Å². The Balaban J connectivity index is 1.87. The molecule has 1 amide bonds. The molecule has 0 spiro atoms. The van der Waals surface area contributed by atoms with Crippen molar-refractivity contribution in [1.29, 1.82) is 0 Å². The predicted molar refractivity (Wildman–Crippen MR) is 78.4 cm³/mol. The van der Waals surface area contributed by atoms with E-state index in [1.54, 1.807) is 12.1 Å². The molecule has 0 saturated carbocycles. The molecule has 0 aromatic heterocycles. The zero-order valence-corrected chi connectivity index (χ0v) is 12.4. The van der Waals surface area contributed by atoms with Crippen molar-refractivity contribution < 1.29 is 19.4 Å². The third kappa shape index (κ3) is 4.21. The van der Waals surface area contributed by atoms with Gasteiger partial charge in [0.2, 0.25) is 0 Å². The van der Waals surface area contributed by atoms with Crippen LogP contribution in [0.1, 0.15) is 30.6 Å². The van der Waals surface area contributed by atoms with E-state index < -0.39 is 5.97 Å². The normalized spacial score (nSPS) is 21.9. The molecule has 0 radical (unpaired) electrons. The summed E-state index contributed by atoms with van der Waals surface area (Å²) in [7, 11) is 0. The zero-order chi connectivity index (χ0) is 15.4. The van der Waals surface area contributed by atoms with Gasteiger partial charge in [-0.15, -0.1) is 0 Å². The number of amides is 1. The van der Waals surface area contributed by atoms with E-state index in [9.17, 15) is 9.59 Å². The zero-order valence-electron chi connectivity index (χ0n) is 12.4. The summed E-state index contributed by atoms with van der Waals surface area (Å²) in [6, 6.07) is 6.07. The topological polar surface area (TPSA) is 66.8 Å². The van der Waals surface area contributed by atoms with Crippen molar-refractivity contribution in [2.24, 2.45) is 11.8 Å². The summed E-state index contributed by atoms with van der Waals surface area (Å²) in [5, 5.41) is 8.81. The van der Waals surface area contributed by atoms with Crippen molar-refractivity contribution in [3.63, 3.8) is 0 Å². The molecule has 21 heavy (non-hydrogen) atoms. The SMILES string of the molecule is CC1CC(C)CN(C(=O)COc2ccc(C(=O)O)cc2)C1. The van der Waals surface area contributed by atoms with Crippen LogP contribution in [0.5, 0.6) is 5.75 Å². The highest BCUT2D eigenvalue weighted by Crippen LogP contribution is 2.21. The number of carbonyl (C=O) groups excluding carboxylic acids is 1. The van der Waals surface area contributed by atoms with Crippen molar-refractivity contribution in [1.82, 2.24) is 4.90 Å². The maximum Gasteiger partial charge on any atom is 0.335 e. The fraction of sp³-hybridized carbons (Fsp3) is 0.500. The summed E-state index contributed by atoms with van der Waals surface area (Å²) in [6.45, 7) is 5.86. The molecule has 5 heteroatoms. The Labute approximate surface area is 124 Å². The lowest BCUT2D eigenvalue weighted by Crippen LogP contribution is -2.44. The highest BCUT2D eigenvalue weighted by molar-refractivity contribution is 5.87. The first kappa shape index (κ1) is 15.4. The number of nitrogens with zero attached hydrogens (tertiary/aromatic N) is 1. The van der Waals surface area contributed by atoms with E-state index in [4.69, 9.17) is 9.84 Å². The lowest BCUT2D eigenvalue weighted by Gasteiger charge is -2.34. The van der Waals surface area contributed by atoms with Crippen LogP contribution in [-0.2, 0) is 4.79 Å². The Kier molecular flexibility index (Phi) is 4.83. The molecule has 0 bridgehead atoms. The summed E-state index contributed by atoms with van der Waals surface area (Å²) >= 11 is 0. The van der Waals surface area contributed by atoms with Gasteiger partial charge in [0, 0.05) is 13.1 Å². The molecule has 1 aromatic rings. The molecule has 2 rings (SSSR count). The summed E-state index contributed by atoms with van der Waals surface area (Å²) in [6.07, 6.45) is 1.15. The van der Waals surface area contributed by atoms with Crippen LogP contribution in [0, 0.1) is 11.8 Å². The highest BCUT2D eigenvalue weighted by atomic mass is 16.5. The Hall–Kier alpha value is -2.04. The number of hydrogen-bond acceptors (Lipinski definition) is 3. The van der Waals surface area contributed by atoms with Crippen LogP contribution in [0.25, 0.3) is 0 Å². The standard InChI is InChI=1S/C16H21NO4/c1-11-7-12(2)9-17(8-11)15(18)10-21-14-5-3-13(4-6-14)16(19)20/h3-6,11-12H,7-10H2,1-2H3,(H,19,20). The summed E-state index contributed by atoms with van der Waals surface area (Å²) in [4.78, 5) is 24.7. The first-order chi connectivity index (χ1) is 9.95. The molecule has 1 heterocycles. The maximum atomic E-state index is 12.1. The van der Waals surface area contributed by atoms with E-state index in [0.29, 0.717) is 17.6 Å². The molecule has 114 valence electrons. The van der Waals surface area contributed by atoms with E-state index in [2.05, 4.69) is 13.8 Å². The monoisotopic (exact) mass is 291 g/mol. The van der Waals surface area contributed by atoms with Gasteiger partial charge in [-0.2, -0.15) is 0 Å². The molecule has 1 aliphatic rings. The second-order valence-corrected chi connectivity index (χ2v) is 5.86. The van der Waals surface area contributed by atoms with Gasteiger partial charge in [0.25, 0.3) is 5.91 Å². The minimum Gasteiger partial charge on any atom is -0.484 e. The third-order valence-electron chi connectivity index (χ3n) is 3.69. The molecular formula is C16H21NO4. The number of benzene rings is 1. The molecule has 2 atom stereocenters. The first-order valence-electron chi connectivity index (χ1n) is 7.19. The Morgan fingerprint density at radius 3 is 2.29 bits per heavy atom. The second kappa shape index (κ2) is 6.61. The molecule has 2 unspecified atom stereocenters. The van der Waals surface area contributed by atoms with Crippen LogP contribution in [0.3, 0.4) is 0 Å². The number of rotatable bonds is 4. The quantitative estimate of drug-likeness (QED) is 0.924. The van der Waals surface area contributed by atoms with Gasteiger partial charge >= 0.3 is 5.97 Å². The molecule has 1 aromatic carbocycles. The van der Waals surface area contributed by atoms with Crippen LogP contribution in [-0.4, -0.2) is 41.6 Å². The van der Waals surface area contributed by atoms with Crippen molar-refractivity contribution in [2.75, 3.05) is 19.7 Å². The molecule has 0 aliphatic carbocycles. The van der Waals surface area contributed by atoms with E-state index in [1.165, 1.54) is 12.1 Å². The number of carboxylic acid groups (broad SMARTS) is 1. The Morgan fingerprint density at radius 2 is 1.76 bits per heavy atom. The largest absolute Gasteiger partial charge is 0.484 e. The molecule has 1 aliphatic heterocycles. The first-order valence-corrected chi connectivity index (χ1v) is 7.19. The number of piperidine rings is 1. The highest BCUT2D eigenvalue weighted by Gasteiger charge is 2.25. The number of hydrogen-bond donors (Lipinski definition) is 1. The summed E-state index contributed by atoms with van der Waals surface area (Å²) in [5.74, 6) is 0.552. The lowest BCUT2D eigenvalue weighted by atomic mass is 9.92. The van der Waals surface area contributed by atoms with E-state index in [0.717, 1.165) is 19.5 Å². The summed E-state index contributed by atoms with van der Waals surface area (Å²) in [5.41, 5.74) is 0.201. The van der Waals surface area contributed by atoms with Crippen LogP contribution in [0.4, 0.5) is 0 Å². The van der Waals surface area contributed by atoms with Gasteiger partial charge in [-0.05, 0) is 42.5 Å². The van der Waals surface area contributed by atoms with Gasteiger partial charge < -0.3 is 14.7 Å². The number of likely N-dealkylation sites (tertiary alicyclic amines) is 1. The van der Waals surface area contributed by atoms with Crippen LogP contribution >= 0.6 is 0 Å². The van der Waals surface area contributed by atoms with Crippen molar-refractivity contribution >= 4 is 11.9 Å². The average molecular weight is 291 g/mol. The van der Waals surface area contributed by atoms with E-state index >= 15 is 0 Å². The van der Waals surface area contributed by atoms with Gasteiger partial charge in [0.1, 0.15) is 5.75 Å². The fourth-order valence-corrected chi connectivity index (χ4v) is 2.80. The summed E-state index contributed by atoms with van der Waals surface area (Å²) < 4.78 is 5.44. The molecule has 1 fully saturated rings. The Bertz CT molecular complexity index is 502.